The molecular formula is C9H15BrO3. The Balaban J connectivity index is 3.96. The van der Waals surface area contributed by atoms with E-state index in [1.807, 2.05) is 0 Å². The maximum Gasteiger partial charge on any atom is 0.313 e. The van der Waals surface area contributed by atoms with Gasteiger partial charge in [0.05, 0.1) is 4.83 Å². The smallest absolute Gasteiger partial charge is 0.313 e. The molecule has 0 aliphatic rings. The zero-order valence-electron chi connectivity index (χ0n) is 8.39. The predicted molar refractivity (Wildman–Crippen MR) is 53.9 cm³/mol. The average Bonchev–Trinajstić information content (AvgIpc) is 1.81. The third-order valence-electron chi connectivity index (χ3n) is 1.18. The van der Waals surface area contributed by atoms with Gasteiger partial charge in [-0.15, -0.1) is 0 Å². The van der Waals surface area contributed by atoms with Crippen molar-refractivity contribution in [3.63, 3.8) is 0 Å². The lowest BCUT2D eigenvalue weighted by molar-refractivity contribution is -0.156. The number of ketones is 1. The summed E-state index contributed by atoms with van der Waals surface area (Å²) in [5.74, 6) is -0.627. The number of carbonyl (C=O) groups is 2. The Bertz CT molecular complexity index is 203. The molecule has 0 radical (unpaired) electrons. The molecule has 0 saturated carbocycles. The van der Waals surface area contributed by atoms with Gasteiger partial charge >= 0.3 is 5.97 Å². The summed E-state index contributed by atoms with van der Waals surface area (Å²) in [7, 11) is 0. The first-order chi connectivity index (χ1) is 5.72. The lowest BCUT2D eigenvalue weighted by Gasteiger charge is -2.19. The van der Waals surface area contributed by atoms with Gasteiger partial charge in [-0.3, -0.25) is 9.59 Å². The highest BCUT2D eigenvalue weighted by Crippen LogP contribution is 2.10. The summed E-state index contributed by atoms with van der Waals surface area (Å²) < 4.78 is 4.98. The fourth-order valence-electron chi connectivity index (χ4n) is 0.660. The van der Waals surface area contributed by atoms with Gasteiger partial charge < -0.3 is 4.74 Å². The lowest BCUT2D eigenvalue weighted by atomic mass is 10.2. The minimum absolute atomic E-state index is 0.158. The van der Waals surface area contributed by atoms with E-state index >= 15 is 0 Å². The summed E-state index contributed by atoms with van der Waals surface area (Å²) in [6.45, 7) is 7.00. The highest BCUT2D eigenvalue weighted by molar-refractivity contribution is 9.10. The topological polar surface area (TPSA) is 43.4 Å². The van der Waals surface area contributed by atoms with E-state index in [1.54, 1.807) is 27.7 Å². The molecule has 1 atom stereocenters. The van der Waals surface area contributed by atoms with Gasteiger partial charge in [0.25, 0.3) is 0 Å². The van der Waals surface area contributed by atoms with E-state index in [0.29, 0.717) is 0 Å². The minimum atomic E-state index is -0.521. The van der Waals surface area contributed by atoms with Crippen LogP contribution in [-0.2, 0) is 14.3 Å². The molecule has 0 spiro atoms. The molecule has 13 heavy (non-hydrogen) atoms. The van der Waals surface area contributed by atoms with Crippen molar-refractivity contribution < 1.29 is 14.3 Å². The number of rotatable bonds is 3. The van der Waals surface area contributed by atoms with Crippen LogP contribution >= 0.6 is 15.9 Å². The normalized spacial score (nSPS) is 13.6. The van der Waals surface area contributed by atoms with Crippen molar-refractivity contribution in [2.75, 3.05) is 0 Å². The Morgan fingerprint density at radius 1 is 1.38 bits per heavy atom. The van der Waals surface area contributed by atoms with E-state index in [4.69, 9.17) is 4.74 Å². The summed E-state index contributed by atoms with van der Waals surface area (Å²) in [4.78, 5) is 21.9. The van der Waals surface area contributed by atoms with Crippen LogP contribution in [-0.4, -0.2) is 22.2 Å². The summed E-state index contributed by atoms with van der Waals surface area (Å²) in [6, 6.07) is 0. The van der Waals surface area contributed by atoms with Gasteiger partial charge in [-0.25, -0.2) is 0 Å². The Hall–Kier alpha value is -0.380. The van der Waals surface area contributed by atoms with Crippen molar-refractivity contribution in [1.29, 1.82) is 0 Å². The van der Waals surface area contributed by atoms with Gasteiger partial charge in [-0.1, -0.05) is 15.9 Å². The highest BCUT2D eigenvalue weighted by Gasteiger charge is 2.20. The monoisotopic (exact) mass is 250 g/mol. The molecule has 0 aliphatic carbocycles. The average molecular weight is 251 g/mol. The standard InChI is InChI=1S/C9H15BrO3/c1-6(10)7(11)5-8(12)13-9(2,3)4/h6H,5H2,1-4H3. The Kier molecular flexibility index (Phi) is 4.61. The van der Waals surface area contributed by atoms with E-state index in [0.717, 1.165) is 0 Å². The number of Topliss-reactive ketones (excluding diaryl/α,β-unsaturated/α-hetero) is 1. The predicted octanol–water partition coefficient (Wildman–Crippen LogP) is 2.07. The summed E-state index contributed by atoms with van der Waals surface area (Å²) in [6.07, 6.45) is -0.163. The molecule has 0 bridgehead atoms. The Labute approximate surface area is 87.0 Å². The van der Waals surface area contributed by atoms with Gasteiger partial charge in [0.1, 0.15) is 12.0 Å². The first-order valence-electron chi connectivity index (χ1n) is 4.11. The molecule has 0 rings (SSSR count). The first kappa shape index (κ1) is 12.6. The van der Waals surface area contributed by atoms with Gasteiger partial charge in [-0.05, 0) is 27.7 Å². The van der Waals surface area contributed by atoms with Crippen LogP contribution in [0.4, 0.5) is 0 Å². The first-order valence-corrected chi connectivity index (χ1v) is 5.02. The van der Waals surface area contributed by atoms with E-state index in [2.05, 4.69) is 15.9 Å². The number of esters is 1. The van der Waals surface area contributed by atoms with E-state index < -0.39 is 11.6 Å². The molecule has 0 amide bonds. The number of hydrogen-bond acceptors (Lipinski definition) is 3. The Morgan fingerprint density at radius 3 is 2.15 bits per heavy atom. The Morgan fingerprint density at radius 2 is 1.85 bits per heavy atom. The highest BCUT2D eigenvalue weighted by atomic mass is 79.9. The number of carbonyl (C=O) groups excluding carboxylic acids is 2. The van der Waals surface area contributed by atoms with Crippen LogP contribution in [0.25, 0.3) is 0 Å². The molecule has 0 aromatic heterocycles. The number of halogens is 1. The van der Waals surface area contributed by atoms with E-state index in [1.165, 1.54) is 0 Å². The lowest BCUT2D eigenvalue weighted by Crippen LogP contribution is -2.26. The van der Waals surface area contributed by atoms with Crippen molar-refractivity contribution in [3.8, 4) is 0 Å². The molecule has 1 unspecified atom stereocenters. The van der Waals surface area contributed by atoms with Crippen molar-refractivity contribution in [1.82, 2.24) is 0 Å². The maximum absolute atomic E-state index is 11.1. The van der Waals surface area contributed by atoms with Crippen molar-refractivity contribution in [2.24, 2.45) is 0 Å². The van der Waals surface area contributed by atoms with E-state index in [-0.39, 0.29) is 17.0 Å². The van der Waals surface area contributed by atoms with Crippen LogP contribution in [0.1, 0.15) is 34.1 Å². The summed E-state index contributed by atoms with van der Waals surface area (Å²) >= 11 is 3.09. The zero-order valence-corrected chi connectivity index (χ0v) is 9.97. The van der Waals surface area contributed by atoms with Crippen LogP contribution in [0.15, 0.2) is 0 Å². The maximum atomic E-state index is 11.1. The van der Waals surface area contributed by atoms with Crippen LogP contribution in [0.2, 0.25) is 0 Å². The van der Waals surface area contributed by atoms with Crippen LogP contribution in [0.3, 0.4) is 0 Å². The third-order valence-corrected chi connectivity index (χ3v) is 1.69. The van der Waals surface area contributed by atoms with Crippen LogP contribution in [0.5, 0.6) is 0 Å². The van der Waals surface area contributed by atoms with Gasteiger partial charge in [0, 0.05) is 0 Å². The van der Waals surface area contributed by atoms with Crippen molar-refractivity contribution >= 4 is 27.7 Å². The molecular weight excluding hydrogens is 236 g/mol. The molecule has 0 N–H and O–H groups in total. The van der Waals surface area contributed by atoms with Crippen LogP contribution < -0.4 is 0 Å². The van der Waals surface area contributed by atoms with E-state index in [9.17, 15) is 9.59 Å². The molecule has 4 heteroatoms. The number of ether oxygens (including phenoxy) is 1. The molecule has 76 valence electrons. The molecule has 0 aromatic carbocycles. The quantitative estimate of drug-likeness (QED) is 0.438. The molecule has 0 aromatic rings. The summed E-state index contributed by atoms with van der Waals surface area (Å²) in [5.41, 5.74) is -0.521. The molecule has 0 heterocycles. The van der Waals surface area contributed by atoms with Gasteiger partial charge in [-0.2, -0.15) is 0 Å². The third kappa shape index (κ3) is 6.75. The van der Waals surface area contributed by atoms with Crippen molar-refractivity contribution in [2.45, 2.75) is 44.5 Å². The number of hydrogen-bond donors (Lipinski definition) is 0. The zero-order chi connectivity index (χ0) is 10.6. The SMILES string of the molecule is CC(Br)C(=O)CC(=O)OC(C)(C)C. The molecule has 0 saturated heterocycles. The summed E-state index contributed by atoms with van der Waals surface area (Å²) in [5, 5.41) is 0. The fourth-order valence-corrected chi connectivity index (χ4v) is 0.822. The molecule has 0 fully saturated rings. The second kappa shape index (κ2) is 4.74. The second-order valence-corrected chi connectivity index (χ2v) is 5.22. The largest absolute Gasteiger partial charge is 0.460 e. The fraction of sp³-hybridized carbons (Fsp3) is 0.778. The van der Waals surface area contributed by atoms with Crippen LogP contribution in [0, 0.1) is 0 Å². The molecule has 3 nitrogen and oxygen atoms in total. The van der Waals surface area contributed by atoms with Crippen molar-refractivity contribution in [3.05, 3.63) is 0 Å². The van der Waals surface area contributed by atoms with Gasteiger partial charge in [0.2, 0.25) is 0 Å². The minimum Gasteiger partial charge on any atom is -0.460 e. The molecule has 0 aliphatic heterocycles. The second-order valence-electron chi connectivity index (χ2n) is 3.85. The van der Waals surface area contributed by atoms with Gasteiger partial charge in [0.15, 0.2) is 5.78 Å². The number of alkyl halides is 1.